The summed E-state index contributed by atoms with van der Waals surface area (Å²) in [6.45, 7) is 9.08. The predicted octanol–water partition coefficient (Wildman–Crippen LogP) is 2.58. The van der Waals surface area contributed by atoms with Gasteiger partial charge in [0.25, 0.3) is 5.91 Å². The number of hydrogen-bond acceptors (Lipinski definition) is 4. The molecule has 0 aromatic carbocycles. The van der Waals surface area contributed by atoms with Gasteiger partial charge in [-0.25, -0.2) is 4.98 Å². The van der Waals surface area contributed by atoms with Crippen molar-refractivity contribution in [3.05, 3.63) is 23.0 Å². The molecule has 1 fully saturated rings. The van der Waals surface area contributed by atoms with Gasteiger partial charge < -0.3 is 10.2 Å². The van der Waals surface area contributed by atoms with Gasteiger partial charge in [-0.2, -0.15) is 5.10 Å². The van der Waals surface area contributed by atoms with Gasteiger partial charge in [0.2, 0.25) is 0 Å². The molecule has 1 aliphatic rings. The average molecular weight is 343 g/mol. The van der Waals surface area contributed by atoms with E-state index < -0.39 is 0 Å². The smallest absolute Gasteiger partial charge is 0.252 e. The Balaban J connectivity index is 1.63. The highest BCUT2D eigenvalue weighted by atomic mass is 16.1. The first-order valence-corrected chi connectivity index (χ1v) is 9.30. The van der Waals surface area contributed by atoms with E-state index in [2.05, 4.69) is 27.2 Å². The summed E-state index contributed by atoms with van der Waals surface area (Å²) in [6.07, 6.45) is 4.91. The highest BCUT2D eigenvalue weighted by Gasteiger charge is 2.19. The Hall–Kier alpha value is -1.95. The maximum absolute atomic E-state index is 12.7. The zero-order valence-electron chi connectivity index (χ0n) is 15.8. The van der Waals surface area contributed by atoms with Crippen LogP contribution in [0.25, 0.3) is 11.0 Å². The maximum Gasteiger partial charge on any atom is 0.252 e. The van der Waals surface area contributed by atoms with Crippen LogP contribution in [0.5, 0.6) is 0 Å². The number of nitrogens with zero attached hydrogens (tertiary/aromatic N) is 4. The standard InChI is InChI=1S/C19H29N5O/c1-13-12-16(17-15(3)22-23(4)18(17)21-13)19(25)20-9-7-11-24-10-6-5-8-14(24)2/h12,14H,5-11H2,1-4H3,(H,20,25). The van der Waals surface area contributed by atoms with Crippen molar-refractivity contribution in [3.63, 3.8) is 0 Å². The van der Waals surface area contributed by atoms with Gasteiger partial charge in [0.05, 0.1) is 16.6 Å². The SMILES string of the molecule is Cc1cc(C(=O)NCCCN2CCCCC2C)c2c(C)nn(C)c2n1. The molecule has 1 unspecified atom stereocenters. The molecule has 1 atom stereocenters. The van der Waals surface area contributed by atoms with Crippen molar-refractivity contribution >= 4 is 16.9 Å². The van der Waals surface area contributed by atoms with Gasteiger partial charge in [-0.3, -0.25) is 9.48 Å². The first kappa shape index (κ1) is 17.9. The number of aromatic nitrogens is 3. The van der Waals surface area contributed by atoms with Crippen LogP contribution in [0, 0.1) is 13.8 Å². The molecule has 0 saturated carbocycles. The molecule has 3 rings (SSSR count). The molecule has 2 aromatic heterocycles. The third-order valence-electron chi connectivity index (χ3n) is 5.19. The Bertz CT molecular complexity index is 767. The van der Waals surface area contributed by atoms with Crippen LogP contribution in [0.15, 0.2) is 6.07 Å². The highest BCUT2D eigenvalue weighted by molar-refractivity contribution is 6.06. The molecule has 0 bridgehead atoms. The van der Waals surface area contributed by atoms with Crippen LogP contribution < -0.4 is 5.32 Å². The van der Waals surface area contributed by atoms with Crippen LogP contribution in [0.1, 0.15) is 54.4 Å². The van der Waals surface area contributed by atoms with Crippen molar-refractivity contribution in [1.82, 2.24) is 25.0 Å². The quantitative estimate of drug-likeness (QED) is 0.848. The van der Waals surface area contributed by atoms with Crippen molar-refractivity contribution in [1.29, 1.82) is 0 Å². The molecule has 0 spiro atoms. The van der Waals surface area contributed by atoms with E-state index in [1.165, 1.54) is 25.8 Å². The minimum absolute atomic E-state index is 0.0294. The molecule has 1 amide bonds. The Labute approximate surface area is 149 Å². The number of rotatable bonds is 5. The number of carbonyl (C=O) groups is 1. The largest absolute Gasteiger partial charge is 0.352 e. The third kappa shape index (κ3) is 3.84. The summed E-state index contributed by atoms with van der Waals surface area (Å²) in [4.78, 5) is 19.8. The molecule has 6 nitrogen and oxygen atoms in total. The molecule has 1 N–H and O–H groups in total. The van der Waals surface area contributed by atoms with Gasteiger partial charge in [0.15, 0.2) is 5.65 Å². The summed E-state index contributed by atoms with van der Waals surface area (Å²) in [7, 11) is 1.86. The van der Waals surface area contributed by atoms with Crippen molar-refractivity contribution in [2.24, 2.45) is 7.05 Å². The lowest BCUT2D eigenvalue weighted by Crippen LogP contribution is -2.39. The second kappa shape index (κ2) is 7.52. The van der Waals surface area contributed by atoms with E-state index in [0.29, 0.717) is 18.2 Å². The molecule has 25 heavy (non-hydrogen) atoms. The van der Waals surface area contributed by atoms with Gasteiger partial charge in [-0.15, -0.1) is 0 Å². The maximum atomic E-state index is 12.7. The van der Waals surface area contributed by atoms with E-state index in [1.807, 2.05) is 27.0 Å². The summed E-state index contributed by atoms with van der Waals surface area (Å²) < 4.78 is 1.74. The van der Waals surface area contributed by atoms with Gasteiger partial charge >= 0.3 is 0 Å². The molecular formula is C19H29N5O. The van der Waals surface area contributed by atoms with E-state index in [0.717, 1.165) is 35.4 Å². The molecule has 0 radical (unpaired) electrons. The molecule has 2 aromatic rings. The predicted molar refractivity (Wildman–Crippen MR) is 99.8 cm³/mol. The van der Waals surface area contributed by atoms with E-state index in [4.69, 9.17) is 0 Å². The number of piperidine rings is 1. The van der Waals surface area contributed by atoms with E-state index >= 15 is 0 Å². The van der Waals surface area contributed by atoms with E-state index in [-0.39, 0.29) is 5.91 Å². The fourth-order valence-electron chi connectivity index (χ4n) is 3.82. The molecule has 136 valence electrons. The van der Waals surface area contributed by atoms with Gasteiger partial charge in [-0.1, -0.05) is 6.42 Å². The Morgan fingerprint density at radius 1 is 1.36 bits per heavy atom. The number of likely N-dealkylation sites (tertiary alicyclic amines) is 1. The number of fused-ring (bicyclic) bond motifs is 1. The number of amides is 1. The van der Waals surface area contributed by atoms with Crippen LogP contribution in [0.4, 0.5) is 0 Å². The Morgan fingerprint density at radius 2 is 2.16 bits per heavy atom. The van der Waals surface area contributed by atoms with E-state index in [1.54, 1.807) is 4.68 Å². The van der Waals surface area contributed by atoms with Gasteiger partial charge in [0.1, 0.15) is 0 Å². The van der Waals surface area contributed by atoms with Crippen LogP contribution in [-0.2, 0) is 7.05 Å². The summed E-state index contributed by atoms with van der Waals surface area (Å²) >= 11 is 0. The number of carbonyl (C=O) groups excluding carboxylic acids is 1. The van der Waals surface area contributed by atoms with Crippen molar-refractivity contribution in [3.8, 4) is 0 Å². The molecular weight excluding hydrogens is 314 g/mol. The van der Waals surface area contributed by atoms with Gasteiger partial charge in [0, 0.05) is 31.9 Å². The van der Waals surface area contributed by atoms with Crippen LogP contribution >= 0.6 is 0 Å². The number of hydrogen-bond donors (Lipinski definition) is 1. The average Bonchev–Trinajstić information content (AvgIpc) is 2.86. The van der Waals surface area contributed by atoms with Crippen molar-refractivity contribution < 1.29 is 4.79 Å². The lowest BCUT2D eigenvalue weighted by Gasteiger charge is -2.33. The second-order valence-corrected chi connectivity index (χ2v) is 7.21. The second-order valence-electron chi connectivity index (χ2n) is 7.21. The topological polar surface area (TPSA) is 63.1 Å². The number of nitrogens with one attached hydrogen (secondary N) is 1. The lowest BCUT2D eigenvalue weighted by molar-refractivity contribution is 0.0950. The molecule has 6 heteroatoms. The van der Waals surface area contributed by atoms with E-state index in [9.17, 15) is 4.79 Å². The Kier molecular flexibility index (Phi) is 5.37. The van der Waals surface area contributed by atoms with Crippen LogP contribution in [0.2, 0.25) is 0 Å². The molecule has 1 aliphatic heterocycles. The van der Waals surface area contributed by atoms with Gasteiger partial charge in [-0.05, 0) is 52.6 Å². The zero-order valence-corrected chi connectivity index (χ0v) is 15.8. The summed E-state index contributed by atoms with van der Waals surface area (Å²) in [5.74, 6) is -0.0294. The monoisotopic (exact) mass is 343 g/mol. The summed E-state index contributed by atoms with van der Waals surface area (Å²) in [5.41, 5.74) is 3.13. The summed E-state index contributed by atoms with van der Waals surface area (Å²) in [5, 5.41) is 8.34. The molecule has 0 aliphatic carbocycles. The van der Waals surface area contributed by atoms with Crippen LogP contribution in [-0.4, -0.2) is 51.2 Å². The first-order chi connectivity index (χ1) is 12.0. The fraction of sp³-hybridized carbons (Fsp3) is 0.632. The summed E-state index contributed by atoms with van der Waals surface area (Å²) in [6, 6.07) is 2.53. The number of pyridine rings is 1. The normalized spacial score (nSPS) is 18.6. The molecule has 3 heterocycles. The minimum Gasteiger partial charge on any atom is -0.352 e. The first-order valence-electron chi connectivity index (χ1n) is 9.30. The van der Waals surface area contributed by atoms with Crippen molar-refractivity contribution in [2.75, 3.05) is 19.6 Å². The van der Waals surface area contributed by atoms with Crippen molar-refractivity contribution in [2.45, 2.75) is 52.5 Å². The molecule has 1 saturated heterocycles. The zero-order chi connectivity index (χ0) is 18.0. The third-order valence-corrected chi connectivity index (χ3v) is 5.19. The minimum atomic E-state index is -0.0294. The fourth-order valence-corrected chi connectivity index (χ4v) is 3.82. The lowest BCUT2D eigenvalue weighted by atomic mass is 10.0. The Morgan fingerprint density at radius 3 is 2.92 bits per heavy atom. The number of aryl methyl sites for hydroxylation is 3. The highest BCUT2D eigenvalue weighted by Crippen LogP contribution is 2.21. The van der Waals surface area contributed by atoms with Crippen LogP contribution in [0.3, 0.4) is 0 Å².